The monoisotopic (exact) mass is 367 g/mol. The van der Waals surface area contributed by atoms with Crippen molar-refractivity contribution >= 4 is 38.9 Å². The zero-order chi connectivity index (χ0) is 15.4. The van der Waals surface area contributed by atoms with E-state index in [1.54, 1.807) is 12.4 Å². The van der Waals surface area contributed by atoms with Crippen molar-refractivity contribution in [2.75, 3.05) is 0 Å². The molecule has 0 unspecified atom stereocenters. The Morgan fingerprint density at radius 1 is 1.14 bits per heavy atom. The molecule has 0 spiro atoms. The van der Waals surface area contributed by atoms with E-state index in [1.165, 1.54) is 11.3 Å². The first kappa shape index (κ1) is 14.6. The van der Waals surface area contributed by atoms with E-state index < -0.39 is 0 Å². The Balaban J connectivity index is 1.94. The minimum atomic E-state index is 0.563. The number of nitrogens with zero attached hydrogens (tertiary/aromatic N) is 3. The Kier molecular flexibility index (Phi) is 4.42. The molecule has 0 saturated carbocycles. The molecule has 3 nitrogen and oxygen atoms in total. The lowest BCUT2D eigenvalue weighted by Gasteiger charge is -1.97. The second-order valence-corrected chi connectivity index (χ2v) is 6.27. The van der Waals surface area contributed by atoms with Crippen LogP contribution in [0.4, 0.5) is 0 Å². The molecule has 0 bridgehead atoms. The third-order valence-corrected chi connectivity index (χ3v) is 4.42. The van der Waals surface area contributed by atoms with Gasteiger partial charge in [-0.05, 0) is 35.9 Å². The van der Waals surface area contributed by atoms with Crippen LogP contribution in [0.1, 0.15) is 10.6 Å². The van der Waals surface area contributed by atoms with Crippen LogP contribution in [0.5, 0.6) is 0 Å². The Bertz CT molecular complexity index is 846. The molecule has 3 aromatic rings. The van der Waals surface area contributed by atoms with Crippen molar-refractivity contribution in [2.24, 2.45) is 0 Å². The number of benzene rings is 1. The van der Waals surface area contributed by atoms with E-state index in [-0.39, 0.29) is 0 Å². The van der Waals surface area contributed by atoms with Gasteiger partial charge in [-0.25, -0.2) is 4.98 Å². The maximum absolute atomic E-state index is 9.40. The van der Waals surface area contributed by atoms with E-state index >= 15 is 0 Å². The van der Waals surface area contributed by atoms with Gasteiger partial charge in [0, 0.05) is 27.8 Å². The van der Waals surface area contributed by atoms with Gasteiger partial charge in [0.1, 0.15) is 11.1 Å². The lowest BCUT2D eigenvalue weighted by Crippen LogP contribution is -1.83. The van der Waals surface area contributed by atoms with Crippen LogP contribution in [0.3, 0.4) is 0 Å². The van der Waals surface area contributed by atoms with Gasteiger partial charge in [0.25, 0.3) is 0 Å². The van der Waals surface area contributed by atoms with Gasteiger partial charge in [0.2, 0.25) is 0 Å². The standard InChI is InChI=1S/C17H10BrN3S/c18-15-3-1-12(2-4-15)9-14(10-19)17-21-16(11-22-17)13-5-7-20-8-6-13/h1-9,11H. The molecule has 106 valence electrons. The molecule has 0 aliphatic heterocycles. The van der Waals surface area contributed by atoms with Crippen molar-refractivity contribution in [3.05, 3.63) is 69.2 Å². The molecule has 1 aromatic carbocycles. The van der Waals surface area contributed by atoms with Gasteiger partial charge in [-0.15, -0.1) is 11.3 Å². The molecule has 0 aliphatic carbocycles. The zero-order valence-electron chi connectivity index (χ0n) is 11.4. The van der Waals surface area contributed by atoms with Crippen LogP contribution >= 0.6 is 27.3 Å². The third-order valence-electron chi connectivity index (χ3n) is 3.01. The van der Waals surface area contributed by atoms with Gasteiger partial charge in [-0.1, -0.05) is 28.1 Å². The lowest BCUT2D eigenvalue weighted by molar-refractivity contribution is 1.31. The molecule has 0 fully saturated rings. The van der Waals surface area contributed by atoms with Gasteiger partial charge in [0.15, 0.2) is 0 Å². The first-order valence-electron chi connectivity index (χ1n) is 6.50. The lowest BCUT2D eigenvalue weighted by atomic mass is 10.1. The largest absolute Gasteiger partial charge is 0.265 e. The maximum Gasteiger partial charge on any atom is 0.134 e. The van der Waals surface area contributed by atoms with Crippen molar-refractivity contribution in [2.45, 2.75) is 0 Å². The smallest absolute Gasteiger partial charge is 0.134 e. The van der Waals surface area contributed by atoms with E-state index in [1.807, 2.05) is 47.9 Å². The van der Waals surface area contributed by atoms with Crippen LogP contribution in [-0.2, 0) is 0 Å². The molecular weight excluding hydrogens is 358 g/mol. The van der Waals surface area contributed by atoms with E-state index in [4.69, 9.17) is 0 Å². The van der Waals surface area contributed by atoms with E-state index in [0.717, 1.165) is 26.3 Å². The summed E-state index contributed by atoms with van der Waals surface area (Å²) in [6.07, 6.45) is 5.32. The van der Waals surface area contributed by atoms with Crippen molar-refractivity contribution in [3.63, 3.8) is 0 Å². The van der Waals surface area contributed by atoms with Crippen molar-refractivity contribution < 1.29 is 0 Å². The van der Waals surface area contributed by atoms with Crippen LogP contribution < -0.4 is 0 Å². The molecule has 0 aliphatic rings. The SMILES string of the molecule is N#CC(=Cc1ccc(Br)cc1)c1nc(-c2ccncc2)cs1. The Labute approximate surface area is 140 Å². The van der Waals surface area contributed by atoms with E-state index in [0.29, 0.717) is 5.57 Å². The number of hydrogen-bond donors (Lipinski definition) is 0. The summed E-state index contributed by atoms with van der Waals surface area (Å²) in [7, 11) is 0. The predicted molar refractivity (Wildman–Crippen MR) is 93.0 cm³/mol. The second kappa shape index (κ2) is 6.65. The highest BCUT2D eigenvalue weighted by molar-refractivity contribution is 9.10. The molecule has 2 aromatic heterocycles. The molecular formula is C17H10BrN3S. The van der Waals surface area contributed by atoms with Crippen LogP contribution in [0.25, 0.3) is 22.9 Å². The Morgan fingerprint density at radius 2 is 1.86 bits per heavy atom. The van der Waals surface area contributed by atoms with Gasteiger partial charge in [-0.2, -0.15) is 5.26 Å². The van der Waals surface area contributed by atoms with Gasteiger partial charge in [0.05, 0.1) is 11.3 Å². The summed E-state index contributed by atoms with van der Waals surface area (Å²) in [5, 5.41) is 12.1. The highest BCUT2D eigenvalue weighted by Crippen LogP contribution is 2.27. The number of nitriles is 1. The van der Waals surface area contributed by atoms with Crippen LogP contribution in [0, 0.1) is 11.3 Å². The first-order chi connectivity index (χ1) is 10.8. The van der Waals surface area contributed by atoms with E-state index in [2.05, 4.69) is 32.0 Å². The van der Waals surface area contributed by atoms with Gasteiger partial charge >= 0.3 is 0 Å². The van der Waals surface area contributed by atoms with Crippen molar-refractivity contribution in [3.8, 4) is 17.3 Å². The molecule has 0 saturated heterocycles. The topological polar surface area (TPSA) is 49.6 Å². The summed E-state index contributed by atoms with van der Waals surface area (Å²) >= 11 is 4.87. The summed E-state index contributed by atoms with van der Waals surface area (Å²) in [6.45, 7) is 0. The Morgan fingerprint density at radius 3 is 2.55 bits per heavy atom. The second-order valence-electron chi connectivity index (χ2n) is 4.50. The number of aromatic nitrogens is 2. The van der Waals surface area contributed by atoms with Crippen LogP contribution in [-0.4, -0.2) is 9.97 Å². The minimum Gasteiger partial charge on any atom is -0.265 e. The first-order valence-corrected chi connectivity index (χ1v) is 8.17. The number of pyridine rings is 1. The zero-order valence-corrected chi connectivity index (χ0v) is 13.8. The fourth-order valence-corrected chi connectivity index (χ4v) is 2.98. The molecule has 0 amide bonds. The predicted octanol–water partition coefficient (Wildman–Crippen LogP) is 5.03. The van der Waals surface area contributed by atoms with Crippen molar-refractivity contribution in [1.29, 1.82) is 5.26 Å². The van der Waals surface area contributed by atoms with Gasteiger partial charge in [-0.3, -0.25) is 4.98 Å². The third kappa shape index (κ3) is 3.30. The van der Waals surface area contributed by atoms with Crippen LogP contribution in [0.15, 0.2) is 58.6 Å². The van der Waals surface area contributed by atoms with Gasteiger partial charge < -0.3 is 0 Å². The summed E-state index contributed by atoms with van der Waals surface area (Å²) in [5.74, 6) is 0. The fraction of sp³-hybridized carbons (Fsp3) is 0. The summed E-state index contributed by atoms with van der Waals surface area (Å²) in [5.41, 5.74) is 3.39. The average molecular weight is 368 g/mol. The van der Waals surface area contributed by atoms with E-state index in [9.17, 15) is 5.26 Å². The molecule has 5 heteroatoms. The normalized spacial score (nSPS) is 11.2. The summed E-state index contributed by atoms with van der Waals surface area (Å²) in [6, 6.07) is 13.9. The quantitative estimate of drug-likeness (QED) is 0.609. The number of rotatable bonds is 3. The number of allylic oxidation sites excluding steroid dienone is 1. The fourth-order valence-electron chi connectivity index (χ4n) is 1.92. The highest BCUT2D eigenvalue weighted by atomic mass is 79.9. The number of thiazole rings is 1. The molecule has 0 atom stereocenters. The average Bonchev–Trinajstić information content (AvgIpc) is 3.05. The summed E-state index contributed by atoms with van der Waals surface area (Å²) < 4.78 is 1.01. The van der Waals surface area contributed by atoms with Crippen molar-refractivity contribution in [1.82, 2.24) is 9.97 Å². The molecule has 0 radical (unpaired) electrons. The molecule has 2 heterocycles. The molecule has 3 rings (SSSR count). The minimum absolute atomic E-state index is 0.563. The molecule has 0 N–H and O–H groups in total. The number of hydrogen-bond acceptors (Lipinski definition) is 4. The number of halogens is 1. The maximum atomic E-state index is 9.40. The highest BCUT2D eigenvalue weighted by Gasteiger charge is 2.09. The molecule has 22 heavy (non-hydrogen) atoms. The van der Waals surface area contributed by atoms with Crippen LogP contribution in [0.2, 0.25) is 0 Å². The Hall–Kier alpha value is -2.29. The summed E-state index contributed by atoms with van der Waals surface area (Å²) in [4.78, 5) is 8.56.